The maximum Gasteiger partial charge on any atom is 0.459 e. The summed E-state index contributed by atoms with van der Waals surface area (Å²) in [4.78, 5) is 37.7. The molecule has 36 heavy (non-hydrogen) atoms. The summed E-state index contributed by atoms with van der Waals surface area (Å²) >= 11 is 0. The van der Waals surface area contributed by atoms with Crippen molar-refractivity contribution in [3.05, 3.63) is 63.2 Å². The molecule has 0 amide bonds. The van der Waals surface area contributed by atoms with Crippen molar-refractivity contribution in [1.82, 2.24) is 14.6 Å². The van der Waals surface area contributed by atoms with E-state index in [2.05, 4.69) is 5.09 Å². The Labute approximate surface area is 205 Å². The zero-order valence-electron chi connectivity index (χ0n) is 19.8. The van der Waals surface area contributed by atoms with Gasteiger partial charge < -0.3 is 18.7 Å². The lowest BCUT2D eigenvalue weighted by Gasteiger charge is -2.32. The quantitative estimate of drug-likeness (QED) is 0.347. The summed E-state index contributed by atoms with van der Waals surface area (Å²) < 4.78 is 56.6. The number of nitrogens with one attached hydrogen (secondary N) is 2. The first-order chi connectivity index (χ1) is 17.0. The molecule has 2 saturated heterocycles. The lowest BCUT2D eigenvalue weighted by Crippen LogP contribution is -2.44. The number of para-hydroxylation sites is 1. The molecule has 4 rings (SSSR count). The highest BCUT2D eigenvalue weighted by Gasteiger charge is 2.55. The van der Waals surface area contributed by atoms with Crippen molar-refractivity contribution >= 4 is 13.7 Å². The van der Waals surface area contributed by atoms with E-state index >= 15 is 0 Å². The third kappa shape index (κ3) is 5.76. The number of aromatic amines is 1. The van der Waals surface area contributed by atoms with Crippen LogP contribution in [-0.2, 0) is 28.1 Å². The molecular weight excluding hydrogens is 500 g/mol. The number of benzene rings is 1. The molecule has 0 aliphatic carbocycles. The van der Waals surface area contributed by atoms with Gasteiger partial charge in [0.15, 0.2) is 6.23 Å². The average molecular weight is 527 g/mol. The minimum atomic E-state index is -4.16. The number of ether oxygens (including phenoxy) is 3. The monoisotopic (exact) mass is 527 g/mol. The number of rotatable bonds is 10. The van der Waals surface area contributed by atoms with Crippen LogP contribution < -0.4 is 20.9 Å². The first kappa shape index (κ1) is 26.2. The van der Waals surface area contributed by atoms with Crippen molar-refractivity contribution in [1.29, 1.82) is 0 Å². The predicted molar refractivity (Wildman–Crippen MR) is 123 cm³/mol. The molecule has 2 fully saturated rings. The first-order valence-electron chi connectivity index (χ1n) is 11.3. The number of hydrogen-bond donors (Lipinski definition) is 2. The second kappa shape index (κ2) is 10.3. The Morgan fingerprint density at radius 1 is 1.31 bits per heavy atom. The van der Waals surface area contributed by atoms with Gasteiger partial charge in [0.25, 0.3) is 5.56 Å². The van der Waals surface area contributed by atoms with E-state index in [-0.39, 0.29) is 31.5 Å². The molecule has 3 heterocycles. The van der Waals surface area contributed by atoms with Crippen molar-refractivity contribution in [2.75, 3.05) is 13.2 Å². The van der Waals surface area contributed by atoms with E-state index in [9.17, 15) is 23.3 Å². The largest absolute Gasteiger partial charge is 0.462 e. The number of carbonyl (C=O) groups excluding carboxylic acids is 1. The summed E-state index contributed by atoms with van der Waals surface area (Å²) in [5, 5.41) is 2.59. The third-order valence-corrected chi connectivity index (χ3v) is 7.17. The second-order valence-electron chi connectivity index (χ2n) is 8.90. The van der Waals surface area contributed by atoms with Crippen LogP contribution in [0.15, 0.2) is 46.1 Å². The Kier molecular flexibility index (Phi) is 7.48. The Hall–Kier alpha value is -2.83. The molecule has 2 bridgehead atoms. The molecule has 1 aromatic heterocycles. The number of nitrogens with zero attached hydrogens (tertiary/aromatic N) is 1. The Morgan fingerprint density at radius 3 is 2.72 bits per heavy atom. The third-order valence-electron chi connectivity index (χ3n) is 5.54. The molecule has 12 nitrogen and oxygen atoms in total. The average Bonchev–Trinajstić information content (AvgIpc) is 3.40. The summed E-state index contributed by atoms with van der Waals surface area (Å²) in [5.41, 5.74) is -3.15. The summed E-state index contributed by atoms with van der Waals surface area (Å²) in [6, 6.07) is 7.21. The van der Waals surface area contributed by atoms with Gasteiger partial charge in [0.1, 0.15) is 23.5 Å². The van der Waals surface area contributed by atoms with E-state index in [0.717, 1.165) is 10.8 Å². The van der Waals surface area contributed by atoms with Gasteiger partial charge in [0, 0.05) is 6.42 Å². The molecule has 0 radical (unpaired) electrons. The van der Waals surface area contributed by atoms with E-state index in [4.69, 9.17) is 23.3 Å². The Balaban J connectivity index is 1.51. The number of H-pyrrole nitrogens is 1. The van der Waals surface area contributed by atoms with Gasteiger partial charge in [-0.05, 0) is 32.9 Å². The summed E-state index contributed by atoms with van der Waals surface area (Å²) in [5.74, 6) is -1.57. The van der Waals surface area contributed by atoms with Crippen LogP contribution in [0, 0.1) is 5.82 Å². The SMILES string of the molecule is CC(C)OC(=O)C(C)NP(=O)(OCC12COC(C1)C(n1cc(F)c(=O)[nH]c1=O)O2)Oc1ccccc1. The van der Waals surface area contributed by atoms with Crippen LogP contribution in [0.3, 0.4) is 0 Å². The topological polar surface area (TPSA) is 147 Å². The molecule has 0 spiro atoms. The van der Waals surface area contributed by atoms with Crippen LogP contribution in [-0.4, -0.2) is 52.6 Å². The molecule has 5 unspecified atom stereocenters. The van der Waals surface area contributed by atoms with E-state index < -0.39 is 54.8 Å². The van der Waals surface area contributed by atoms with Crippen LogP contribution in [0.1, 0.15) is 33.4 Å². The van der Waals surface area contributed by atoms with Crippen molar-refractivity contribution in [3.8, 4) is 5.75 Å². The van der Waals surface area contributed by atoms with Crippen molar-refractivity contribution in [2.45, 2.75) is 57.3 Å². The fourth-order valence-electron chi connectivity index (χ4n) is 3.90. The lowest BCUT2D eigenvalue weighted by atomic mass is 10.0. The maximum atomic E-state index is 13.8. The number of halogens is 1. The second-order valence-corrected chi connectivity index (χ2v) is 10.6. The van der Waals surface area contributed by atoms with Gasteiger partial charge in [-0.15, -0.1) is 0 Å². The van der Waals surface area contributed by atoms with E-state index in [0.29, 0.717) is 0 Å². The van der Waals surface area contributed by atoms with Crippen LogP contribution in [0.4, 0.5) is 4.39 Å². The highest BCUT2D eigenvalue weighted by atomic mass is 31.2. The number of esters is 1. The standard InChI is InChI=1S/C22H27FN3O9P/c1-13(2)33-20(28)14(3)25-36(30,35-15-7-5-4-6-8-15)32-12-22-9-17(31-11-22)19(34-22)26-10-16(23)18(27)24-21(26)29/h4-8,10,13-14,17,19H,9,11-12H2,1-3H3,(H,25,30)(H,24,27,29). The highest BCUT2D eigenvalue weighted by Crippen LogP contribution is 2.50. The van der Waals surface area contributed by atoms with Gasteiger partial charge >= 0.3 is 19.4 Å². The molecule has 14 heteroatoms. The van der Waals surface area contributed by atoms with Crippen LogP contribution in [0.5, 0.6) is 5.75 Å². The van der Waals surface area contributed by atoms with Gasteiger partial charge in [-0.2, -0.15) is 9.48 Å². The van der Waals surface area contributed by atoms with E-state index in [1.165, 1.54) is 6.92 Å². The number of fused-ring (bicyclic) bond motifs is 2. The van der Waals surface area contributed by atoms with Gasteiger partial charge in [-0.25, -0.2) is 9.36 Å². The Bertz CT molecular complexity index is 1270. The van der Waals surface area contributed by atoms with E-state index in [1.54, 1.807) is 44.2 Å². The molecule has 5 atom stereocenters. The van der Waals surface area contributed by atoms with Gasteiger partial charge in [0.2, 0.25) is 5.82 Å². The molecule has 2 aliphatic heterocycles. The Morgan fingerprint density at radius 2 is 2.03 bits per heavy atom. The summed E-state index contributed by atoms with van der Waals surface area (Å²) in [6.45, 7) is 4.57. The number of hydrogen-bond acceptors (Lipinski definition) is 9. The summed E-state index contributed by atoms with van der Waals surface area (Å²) in [6.07, 6.45) is -1.07. The maximum absolute atomic E-state index is 13.8. The fourth-order valence-corrected chi connectivity index (χ4v) is 5.46. The molecule has 2 N–H and O–H groups in total. The molecule has 0 saturated carbocycles. The van der Waals surface area contributed by atoms with Crippen LogP contribution in [0.25, 0.3) is 0 Å². The fraction of sp³-hybridized carbons (Fsp3) is 0.500. The number of aromatic nitrogens is 2. The summed E-state index contributed by atoms with van der Waals surface area (Å²) in [7, 11) is -4.16. The van der Waals surface area contributed by atoms with Crippen LogP contribution in [0.2, 0.25) is 0 Å². The molecule has 2 aliphatic rings. The molecular formula is C22H27FN3O9P. The zero-order valence-corrected chi connectivity index (χ0v) is 20.7. The zero-order chi connectivity index (χ0) is 26.1. The predicted octanol–water partition coefficient (Wildman–Crippen LogP) is 1.87. The molecule has 196 valence electrons. The minimum Gasteiger partial charge on any atom is -0.462 e. The van der Waals surface area contributed by atoms with Crippen LogP contribution >= 0.6 is 7.75 Å². The van der Waals surface area contributed by atoms with Gasteiger partial charge in [-0.3, -0.25) is 23.7 Å². The normalized spacial score (nSPS) is 25.5. The number of carbonyl (C=O) groups is 1. The van der Waals surface area contributed by atoms with Crippen molar-refractivity contribution < 1.29 is 37.0 Å². The lowest BCUT2D eigenvalue weighted by molar-refractivity contribution is -0.183. The molecule has 1 aromatic carbocycles. The smallest absolute Gasteiger partial charge is 0.459 e. The van der Waals surface area contributed by atoms with Gasteiger partial charge in [0.05, 0.1) is 25.5 Å². The first-order valence-corrected chi connectivity index (χ1v) is 12.8. The molecule has 2 aromatic rings. The van der Waals surface area contributed by atoms with Crippen molar-refractivity contribution in [2.24, 2.45) is 0 Å². The van der Waals surface area contributed by atoms with E-state index in [1.807, 2.05) is 4.98 Å². The highest BCUT2D eigenvalue weighted by molar-refractivity contribution is 7.52. The minimum absolute atomic E-state index is 0.0467. The van der Waals surface area contributed by atoms with Gasteiger partial charge in [-0.1, -0.05) is 18.2 Å². The van der Waals surface area contributed by atoms with Crippen molar-refractivity contribution in [3.63, 3.8) is 0 Å².